The number of fused-ring (bicyclic) bond motifs is 1. The summed E-state index contributed by atoms with van der Waals surface area (Å²) in [5, 5.41) is 14.4. The first-order valence-corrected chi connectivity index (χ1v) is 13.8. The Kier molecular flexibility index (Phi) is 7.61. The van der Waals surface area contributed by atoms with Gasteiger partial charge in [0.05, 0.1) is 17.6 Å². The summed E-state index contributed by atoms with van der Waals surface area (Å²) in [6, 6.07) is 9.28. The summed E-state index contributed by atoms with van der Waals surface area (Å²) >= 11 is 0. The van der Waals surface area contributed by atoms with Gasteiger partial charge in [0.2, 0.25) is 0 Å². The number of hydrogen-bond acceptors (Lipinski definition) is 5. The fraction of sp³-hybridized carbons (Fsp3) is 0.643. The Balaban J connectivity index is 1.53. The van der Waals surface area contributed by atoms with Crippen LogP contribution in [0.3, 0.4) is 0 Å². The first kappa shape index (κ1) is 24.2. The molecule has 5 rings (SSSR count). The predicted octanol–water partition coefficient (Wildman–Crippen LogP) is 6.00. The molecule has 7 nitrogen and oxygen atoms in total. The van der Waals surface area contributed by atoms with E-state index in [0.29, 0.717) is 18.6 Å². The number of nitrogens with one attached hydrogen (secondary N) is 1. The highest BCUT2D eigenvalue weighted by atomic mass is 16.1. The molecule has 2 saturated carbocycles. The van der Waals surface area contributed by atoms with Crippen molar-refractivity contribution >= 4 is 10.9 Å². The third-order valence-electron chi connectivity index (χ3n) is 8.26. The standard InChI is InChI=1S/C28H40N6O/c1-3-11-25(27-30-31-32-34(27)24-16-8-5-9-17-24)33(23-14-6-4-7-15-23)19-22-18-21-13-10-12-20(2)26(21)29-28(22)35/h10,12-13,18,23-25H,3-9,11,14-17,19H2,1-2H3,(H,29,35)/t25-/m0/s1. The van der Waals surface area contributed by atoms with Gasteiger partial charge in [-0.2, -0.15) is 0 Å². The molecule has 0 amide bonds. The van der Waals surface area contributed by atoms with Gasteiger partial charge in [-0.25, -0.2) is 4.68 Å². The zero-order valence-electron chi connectivity index (χ0n) is 21.4. The molecule has 2 aromatic heterocycles. The van der Waals surface area contributed by atoms with Crippen LogP contribution in [0.25, 0.3) is 10.9 Å². The minimum atomic E-state index is 0.0229. The van der Waals surface area contributed by atoms with Crippen molar-refractivity contribution in [2.45, 2.75) is 116 Å². The molecule has 0 bridgehead atoms. The van der Waals surface area contributed by atoms with E-state index in [4.69, 9.17) is 0 Å². The Labute approximate surface area is 208 Å². The number of benzene rings is 1. The quantitative estimate of drug-likeness (QED) is 0.431. The number of nitrogens with zero attached hydrogens (tertiary/aromatic N) is 5. The molecule has 2 heterocycles. The van der Waals surface area contributed by atoms with Gasteiger partial charge in [-0.3, -0.25) is 9.69 Å². The minimum Gasteiger partial charge on any atom is -0.321 e. The Morgan fingerprint density at radius 2 is 1.83 bits per heavy atom. The normalized spacial score (nSPS) is 18.9. The van der Waals surface area contributed by atoms with Gasteiger partial charge in [0.15, 0.2) is 5.82 Å². The van der Waals surface area contributed by atoms with E-state index in [1.54, 1.807) is 0 Å². The highest BCUT2D eigenvalue weighted by molar-refractivity contribution is 5.81. The first-order chi connectivity index (χ1) is 17.2. The highest BCUT2D eigenvalue weighted by Gasteiger charge is 2.34. The van der Waals surface area contributed by atoms with Crippen molar-refractivity contribution in [3.8, 4) is 0 Å². The molecule has 35 heavy (non-hydrogen) atoms. The third kappa shape index (κ3) is 5.20. The van der Waals surface area contributed by atoms with Gasteiger partial charge in [0.1, 0.15) is 0 Å². The molecule has 0 radical (unpaired) electrons. The van der Waals surface area contributed by atoms with Crippen LogP contribution in [0.4, 0.5) is 0 Å². The Morgan fingerprint density at radius 3 is 2.57 bits per heavy atom. The summed E-state index contributed by atoms with van der Waals surface area (Å²) in [6.45, 7) is 4.92. The van der Waals surface area contributed by atoms with Crippen LogP contribution in [0.1, 0.15) is 113 Å². The number of aromatic amines is 1. The molecule has 2 aliphatic carbocycles. The Hall–Kier alpha value is -2.54. The minimum absolute atomic E-state index is 0.0229. The molecule has 188 valence electrons. The second-order valence-corrected chi connectivity index (χ2v) is 10.7. The molecular weight excluding hydrogens is 436 g/mol. The number of H-pyrrole nitrogens is 1. The molecule has 2 aliphatic rings. The number of aromatic nitrogens is 5. The summed E-state index contributed by atoms with van der Waals surface area (Å²) in [4.78, 5) is 19.0. The van der Waals surface area contributed by atoms with Crippen LogP contribution < -0.4 is 5.56 Å². The molecule has 0 unspecified atom stereocenters. The number of hydrogen-bond donors (Lipinski definition) is 1. The van der Waals surface area contributed by atoms with Crippen LogP contribution in [-0.4, -0.2) is 36.1 Å². The van der Waals surface area contributed by atoms with Gasteiger partial charge in [-0.1, -0.05) is 70.1 Å². The number of tetrazole rings is 1. The van der Waals surface area contributed by atoms with Gasteiger partial charge in [0.25, 0.3) is 5.56 Å². The highest BCUT2D eigenvalue weighted by Crippen LogP contribution is 2.36. The van der Waals surface area contributed by atoms with Crippen molar-refractivity contribution in [1.29, 1.82) is 0 Å². The lowest BCUT2D eigenvalue weighted by molar-refractivity contribution is 0.0789. The van der Waals surface area contributed by atoms with E-state index in [1.807, 2.05) is 0 Å². The average Bonchev–Trinajstić information content (AvgIpc) is 3.38. The van der Waals surface area contributed by atoms with E-state index in [2.05, 4.69) is 68.2 Å². The summed E-state index contributed by atoms with van der Waals surface area (Å²) in [7, 11) is 0. The van der Waals surface area contributed by atoms with Gasteiger partial charge in [-0.05, 0) is 66.5 Å². The maximum Gasteiger partial charge on any atom is 0.252 e. The molecule has 0 spiro atoms. The maximum atomic E-state index is 13.3. The van der Waals surface area contributed by atoms with E-state index >= 15 is 0 Å². The van der Waals surface area contributed by atoms with Crippen molar-refractivity contribution < 1.29 is 0 Å². The second kappa shape index (κ2) is 11.0. The van der Waals surface area contributed by atoms with Crippen molar-refractivity contribution in [3.63, 3.8) is 0 Å². The van der Waals surface area contributed by atoms with Gasteiger partial charge < -0.3 is 4.98 Å². The smallest absolute Gasteiger partial charge is 0.252 e. The van der Waals surface area contributed by atoms with Crippen LogP contribution in [-0.2, 0) is 6.54 Å². The monoisotopic (exact) mass is 476 g/mol. The van der Waals surface area contributed by atoms with Crippen molar-refractivity contribution in [2.75, 3.05) is 0 Å². The number of pyridine rings is 1. The molecule has 1 atom stereocenters. The van der Waals surface area contributed by atoms with Crippen LogP contribution in [0, 0.1) is 6.92 Å². The number of rotatable bonds is 8. The lowest BCUT2D eigenvalue weighted by Crippen LogP contribution is -2.41. The van der Waals surface area contributed by atoms with Crippen LogP contribution in [0.2, 0.25) is 0 Å². The maximum absolute atomic E-state index is 13.3. The lowest BCUT2D eigenvalue weighted by atomic mass is 9.91. The Morgan fingerprint density at radius 1 is 1.09 bits per heavy atom. The zero-order chi connectivity index (χ0) is 24.2. The SMILES string of the molecule is CCC[C@@H](c1nnnn1C1CCCCC1)N(Cc1cc2cccc(C)c2[nH]c1=O)C1CCCCC1. The van der Waals surface area contributed by atoms with Gasteiger partial charge in [-0.15, -0.1) is 5.10 Å². The summed E-state index contributed by atoms with van der Waals surface area (Å²) in [5.41, 5.74) is 2.91. The van der Waals surface area contributed by atoms with Crippen LogP contribution in [0.15, 0.2) is 29.1 Å². The number of aryl methyl sites for hydroxylation is 1. The van der Waals surface area contributed by atoms with E-state index in [-0.39, 0.29) is 11.6 Å². The van der Waals surface area contributed by atoms with Gasteiger partial charge in [0, 0.05) is 18.2 Å². The number of para-hydroxylation sites is 1. The van der Waals surface area contributed by atoms with E-state index < -0.39 is 0 Å². The Bertz CT molecular complexity index is 1170. The fourth-order valence-electron chi connectivity index (χ4n) is 6.37. The van der Waals surface area contributed by atoms with E-state index in [0.717, 1.165) is 53.5 Å². The summed E-state index contributed by atoms with van der Waals surface area (Å²) in [5.74, 6) is 0.998. The lowest BCUT2D eigenvalue weighted by Gasteiger charge is -2.40. The van der Waals surface area contributed by atoms with Crippen molar-refractivity contribution in [2.24, 2.45) is 0 Å². The van der Waals surface area contributed by atoms with Crippen LogP contribution in [0.5, 0.6) is 0 Å². The van der Waals surface area contributed by atoms with Gasteiger partial charge >= 0.3 is 0 Å². The molecule has 2 fully saturated rings. The molecule has 1 N–H and O–H groups in total. The zero-order valence-corrected chi connectivity index (χ0v) is 21.4. The molecule has 0 saturated heterocycles. The van der Waals surface area contributed by atoms with E-state index in [1.165, 1.54) is 51.4 Å². The molecular formula is C28H40N6O. The van der Waals surface area contributed by atoms with Crippen LogP contribution >= 0.6 is 0 Å². The molecule has 7 heteroatoms. The fourth-order valence-corrected chi connectivity index (χ4v) is 6.37. The second-order valence-electron chi connectivity index (χ2n) is 10.7. The summed E-state index contributed by atoms with van der Waals surface area (Å²) < 4.78 is 2.14. The molecule has 1 aromatic carbocycles. The topological polar surface area (TPSA) is 79.7 Å². The first-order valence-electron chi connectivity index (χ1n) is 13.8. The largest absolute Gasteiger partial charge is 0.321 e. The predicted molar refractivity (Wildman–Crippen MR) is 139 cm³/mol. The van der Waals surface area contributed by atoms with Crippen molar-refractivity contribution in [3.05, 3.63) is 51.6 Å². The summed E-state index contributed by atoms with van der Waals surface area (Å²) in [6.07, 6.45) is 14.3. The molecule has 3 aromatic rings. The average molecular weight is 477 g/mol. The molecule has 0 aliphatic heterocycles. The van der Waals surface area contributed by atoms with Crippen molar-refractivity contribution in [1.82, 2.24) is 30.1 Å². The van der Waals surface area contributed by atoms with E-state index in [9.17, 15) is 4.79 Å². The third-order valence-corrected chi connectivity index (χ3v) is 8.26.